The Kier molecular flexibility index (Phi) is 3.55. The van der Waals surface area contributed by atoms with Crippen LogP contribution in [0.3, 0.4) is 0 Å². The number of hydrogen-bond acceptors (Lipinski definition) is 1. The highest BCUT2D eigenvalue weighted by atomic mass is 14.8. The molecular formula is C29H19N3. The summed E-state index contributed by atoms with van der Waals surface area (Å²) in [5.41, 5.74) is 8.71. The van der Waals surface area contributed by atoms with Crippen LogP contribution in [0.2, 0.25) is 0 Å². The molecule has 2 N–H and O–H groups in total. The summed E-state index contributed by atoms with van der Waals surface area (Å²) < 4.78 is 0. The van der Waals surface area contributed by atoms with E-state index in [9.17, 15) is 0 Å². The number of fused-ring (bicyclic) bond motifs is 6. The van der Waals surface area contributed by atoms with Crippen LogP contribution in [-0.2, 0) is 0 Å². The zero-order chi connectivity index (χ0) is 21.1. The van der Waals surface area contributed by atoms with Crippen molar-refractivity contribution in [3.8, 4) is 22.5 Å². The molecule has 0 saturated carbocycles. The normalized spacial score (nSPS) is 11.8. The van der Waals surface area contributed by atoms with E-state index in [0.29, 0.717) is 0 Å². The Balaban J connectivity index is 1.45. The number of aromatic nitrogens is 3. The zero-order valence-electron chi connectivity index (χ0n) is 17.3. The lowest BCUT2D eigenvalue weighted by Crippen LogP contribution is -1.90. The summed E-state index contributed by atoms with van der Waals surface area (Å²) in [5, 5.41) is 4.93. The van der Waals surface area contributed by atoms with Gasteiger partial charge in [0.2, 0.25) is 0 Å². The second-order valence-corrected chi connectivity index (χ2v) is 8.21. The zero-order valence-corrected chi connectivity index (χ0v) is 17.3. The summed E-state index contributed by atoms with van der Waals surface area (Å²) in [7, 11) is 0. The van der Waals surface area contributed by atoms with Gasteiger partial charge in [-0.25, -0.2) is 4.98 Å². The van der Waals surface area contributed by atoms with Crippen LogP contribution < -0.4 is 0 Å². The lowest BCUT2D eigenvalue weighted by Gasteiger charge is -2.08. The number of rotatable bonds is 2. The lowest BCUT2D eigenvalue weighted by atomic mass is 10.0. The van der Waals surface area contributed by atoms with E-state index in [0.717, 1.165) is 44.6 Å². The van der Waals surface area contributed by atoms with E-state index in [4.69, 9.17) is 4.98 Å². The molecule has 0 atom stereocenters. The first kappa shape index (κ1) is 17.3. The van der Waals surface area contributed by atoms with E-state index in [1.54, 1.807) is 0 Å². The van der Waals surface area contributed by atoms with Gasteiger partial charge in [-0.05, 0) is 24.3 Å². The van der Waals surface area contributed by atoms with E-state index >= 15 is 0 Å². The molecule has 0 amide bonds. The molecule has 0 fully saturated rings. The van der Waals surface area contributed by atoms with Crippen molar-refractivity contribution in [2.75, 3.05) is 0 Å². The molecule has 3 heteroatoms. The lowest BCUT2D eigenvalue weighted by molar-refractivity contribution is 1.33. The molecule has 0 saturated heterocycles. The molecular weight excluding hydrogens is 390 g/mol. The fraction of sp³-hybridized carbons (Fsp3) is 0. The summed E-state index contributed by atoms with van der Waals surface area (Å²) in [4.78, 5) is 12.3. The minimum absolute atomic E-state index is 0.966. The van der Waals surface area contributed by atoms with E-state index in [1.807, 2.05) is 0 Å². The van der Waals surface area contributed by atoms with Crippen molar-refractivity contribution < 1.29 is 0 Å². The van der Waals surface area contributed by atoms with Gasteiger partial charge in [-0.2, -0.15) is 0 Å². The summed E-state index contributed by atoms with van der Waals surface area (Å²) in [5.74, 6) is 0. The smallest absolute Gasteiger partial charge is 0.0730 e. The van der Waals surface area contributed by atoms with E-state index in [1.165, 1.54) is 21.5 Å². The number of H-pyrrole nitrogens is 2. The fourth-order valence-corrected chi connectivity index (χ4v) is 4.91. The Labute approximate surface area is 184 Å². The highest BCUT2D eigenvalue weighted by molar-refractivity contribution is 6.13. The molecule has 3 nitrogen and oxygen atoms in total. The Morgan fingerprint density at radius 1 is 0.406 bits per heavy atom. The van der Waals surface area contributed by atoms with Gasteiger partial charge in [0.15, 0.2) is 0 Å². The van der Waals surface area contributed by atoms with Gasteiger partial charge in [0.05, 0.1) is 22.4 Å². The third kappa shape index (κ3) is 2.45. The topological polar surface area (TPSA) is 44.5 Å². The molecule has 0 unspecified atom stereocenters. The van der Waals surface area contributed by atoms with Crippen LogP contribution in [-0.4, -0.2) is 15.0 Å². The minimum atomic E-state index is 0.966. The quantitative estimate of drug-likeness (QED) is 0.302. The molecule has 3 aromatic heterocycles. The highest BCUT2D eigenvalue weighted by Gasteiger charge is 2.13. The van der Waals surface area contributed by atoms with Crippen molar-refractivity contribution in [2.45, 2.75) is 0 Å². The Hall–Kier alpha value is -4.37. The molecule has 0 aliphatic rings. The number of nitrogens with zero attached hydrogens (tertiary/aromatic N) is 1. The summed E-state index contributed by atoms with van der Waals surface area (Å²) in [6, 6.07) is 36.0. The molecule has 0 radical (unpaired) electrons. The van der Waals surface area contributed by atoms with Crippen molar-refractivity contribution in [3.05, 3.63) is 103 Å². The summed E-state index contributed by atoms with van der Waals surface area (Å²) in [6.45, 7) is 0. The molecule has 0 aliphatic carbocycles. The molecule has 7 aromatic rings. The molecule has 0 spiro atoms. The van der Waals surface area contributed by atoms with Crippen molar-refractivity contribution in [2.24, 2.45) is 0 Å². The van der Waals surface area contributed by atoms with Gasteiger partial charge in [-0.1, -0.05) is 78.9 Å². The van der Waals surface area contributed by atoms with E-state index < -0.39 is 0 Å². The molecule has 7 rings (SSSR count). The number of nitrogens with one attached hydrogen (secondary N) is 2. The predicted octanol–water partition coefficient (Wildman–Crippen LogP) is 7.68. The number of para-hydroxylation sites is 4. The van der Waals surface area contributed by atoms with Crippen molar-refractivity contribution in [1.82, 2.24) is 15.0 Å². The standard InChI is InChI=1S/C29H19N3/c1-3-14-24-18(8-1)20-10-5-12-22(28(20)31-24)26-16-7-17-27(30-26)23-13-6-11-21-19-9-2-4-15-25(19)32-29(21)23/h1-17,31-32H. The van der Waals surface area contributed by atoms with Crippen LogP contribution in [0.5, 0.6) is 0 Å². The largest absolute Gasteiger partial charge is 0.354 e. The van der Waals surface area contributed by atoms with Gasteiger partial charge in [0.25, 0.3) is 0 Å². The van der Waals surface area contributed by atoms with Gasteiger partial charge in [0.1, 0.15) is 0 Å². The summed E-state index contributed by atoms with van der Waals surface area (Å²) in [6.07, 6.45) is 0. The van der Waals surface area contributed by atoms with Gasteiger partial charge in [-0.15, -0.1) is 0 Å². The third-order valence-corrected chi connectivity index (χ3v) is 6.38. The van der Waals surface area contributed by atoms with Crippen LogP contribution in [0.4, 0.5) is 0 Å². The molecule has 3 heterocycles. The van der Waals surface area contributed by atoms with Gasteiger partial charge >= 0.3 is 0 Å². The molecule has 0 aliphatic heterocycles. The number of aromatic amines is 2. The Morgan fingerprint density at radius 2 is 0.844 bits per heavy atom. The van der Waals surface area contributed by atoms with Gasteiger partial charge in [0, 0.05) is 43.7 Å². The first-order chi connectivity index (χ1) is 15.9. The SMILES string of the molecule is c1cc(-c2cccc3c2[nH]c2ccccc23)nc(-c2cccc3c2[nH]c2ccccc23)c1. The second-order valence-electron chi connectivity index (χ2n) is 8.21. The van der Waals surface area contributed by atoms with E-state index in [-0.39, 0.29) is 0 Å². The molecule has 32 heavy (non-hydrogen) atoms. The van der Waals surface area contributed by atoms with Crippen molar-refractivity contribution in [1.29, 1.82) is 0 Å². The van der Waals surface area contributed by atoms with E-state index in [2.05, 4.69) is 113 Å². The maximum absolute atomic E-state index is 5.11. The van der Waals surface area contributed by atoms with Crippen molar-refractivity contribution in [3.63, 3.8) is 0 Å². The van der Waals surface area contributed by atoms with Crippen LogP contribution in [0.1, 0.15) is 0 Å². The maximum Gasteiger partial charge on any atom is 0.0730 e. The third-order valence-electron chi connectivity index (χ3n) is 6.38. The average molecular weight is 409 g/mol. The highest BCUT2D eigenvalue weighted by Crippen LogP contribution is 2.35. The van der Waals surface area contributed by atoms with Crippen LogP contribution in [0, 0.1) is 0 Å². The molecule has 0 bridgehead atoms. The van der Waals surface area contributed by atoms with Crippen molar-refractivity contribution >= 4 is 43.6 Å². The number of pyridine rings is 1. The monoisotopic (exact) mass is 409 g/mol. The first-order valence-corrected chi connectivity index (χ1v) is 10.8. The number of hydrogen-bond donors (Lipinski definition) is 2. The molecule has 150 valence electrons. The second kappa shape index (κ2) is 6.56. The maximum atomic E-state index is 5.11. The number of benzene rings is 4. The average Bonchev–Trinajstić information content (AvgIpc) is 3.42. The first-order valence-electron chi connectivity index (χ1n) is 10.8. The Morgan fingerprint density at radius 3 is 1.38 bits per heavy atom. The van der Waals surface area contributed by atoms with Gasteiger partial charge in [-0.3, -0.25) is 0 Å². The summed E-state index contributed by atoms with van der Waals surface area (Å²) >= 11 is 0. The minimum Gasteiger partial charge on any atom is -0.354 e. The van der Waals surface area contributed by atoms with Crippen LogP contribution in [0.15, 0.2) is 103 Å². The fourth-order valence-electron chi connectivity index (χ4n) is 4.91. The van der Waals surface area contributed by atoms with Gasteiger partial charge < -0.3 is 9.97 Å². The van der Waals surface area contributed by atoms with Crippen LogP contribution >= 0.6 is 0 Å². The predicted molar refractivity (Wildman–Crippen MR) is 134 cm³/mol. The molecule has 4 aromatic carbocycles. The Bertz CT molecular complexity index is 1660. The van der Waals surface area contributed by atoms with Crippen LogP contribution in [0.25, 0.3) is 66.1 Å².